The third kappa shape index (κ3) is 4.53. The molecular weight excluding hydrogens is 254 g/mol. The van der Waals surface area contributed by atoms with Crippen LogP contribution in [0.2, 0.25) is 0 Å². The third-order valence-corrected chi connectivity index (χ3v) is 3.41. The molecule has 4 heteroatoms. The van der Waals surface area contributed by atoms with E-state index in [4.69, 9.17) is 9.47 Å². The Balaban J connectivity index is 2.83. The van der Waals surface area contributed by atoms with Gasteiger partial charge in [-0.3, -0.25) is 0 Å². The minimum Gasteiger partial charge on any atom is -0.465 e. The first kappa shape index (κ1) is 16.5. The van der Waals surface area contributed by atoms with Gasteiger partial charge in [0.25, 0.3) is 0 Å². The molecule has 112 valence electrons. The van der Waals surface area contributed by atoms with E-state index in [1.807, 2.05) is 19.1 Å². The van der Waals surface area contributed by atoms with Crippen LogP contribution < -0.4 is 5.32 Å². The van der Waals surface area contributed by atoms with Crippen molar-refractivity contribution in [2.45, 2.75) is 45.8 Å². The predicted octanol–water partition coefficient (Wildman–Crippen LogP) is 3.40. The second-order valence-electron chi connectivity index (χ2n) is 5.73. The number of nitrogens with one attached hydrogen (secondary N) is 1. The van der Waals surface area contributed by atoms with E-state index in [0.29, 0.717) is 5.56 Å². The zero-order valence-corrected chi connectivity index (χ0v) is 13.2. The fraction of sp³-hybridized carbons (Fsp3) is 0.562. The van der Waals surface area contributed by atoms with Crippen LogP contribution in [0.4, 0.5) is 5.69 Å². The van der Waals surface area contributed by atoms with Crippen LogP contribution in [-0.2, 0) is 9.47 Å². The van der Waals surface area contributed by atoms with Gasteiger partial charge in [-0.1, -0.05) is 6.07 Å². The number of methoxy groups -OCH3 is 2. The summed E-state index contributed by atoms with van der Waals surface area (Å²) in [7, 11) is 3.11. The van der Waals surface area contributed by atoms with Crippen molar-refractivity contribution in [1.82, 2.24) is 0 Å². The largest absolute Gasteiger partial charge is 0.465 e. The molecule has 0 aromatic heterocycles. The van der Waals surface area contributed by atoms with Gasteiger partial charge in [0.15, 0.2) is 0 Å². The van der Waals surface area contributed by atoms with Crippen molar-refractivity contribution < 1.29 is 14.3 Å². The maximum Gasteiger partial charge on any atom is 0.337 e. The molecule has 0 aliphatic heterocycles. The van der Waals surface area contributed by atoms with Crippen LogP contribution in [0.5, 0.6) is 0 Å². The second kappa shape index (κ2) is 6.75. The fourth-order valence-electron chi connectivity index (χ4n) is 2.16. The van der Waals surface area contributed by atoms with Crippen LogP contribution >= 0.6 is 0 Å². The molecule has 0 bridgehead atoms. The molecule has 0 aliphatic carbocycles. The number of hydrogen-bond acceptors (Lipinski definition) is 4. The third-order valence-electron chi connectivity index (χ3n) is 3.41. The molecule has 0 amide bonds. The molecule has 0 saturated carbocycles. The van der Waals surface area contributed by atoms with Gasteiger partial charge in [0.1, 0.15) is 0 Å². The van der Waals surface area contributed by atoms with E-state index in [-0.39, 0.29) is 17.6 Å². The average Bonchev–Trinajstić information content (AvgIpc) is 2.39. The number of esters is 1. The molecule has 0 spiro atoms. The molecule has 0 fully saturated rings. The normalized spacial score (nSPS) is 12.9. The number of carbonyl (C=O) groups is 1. The van der Waals surface area contributed by atoms with Crippen molar-refractivity contribution in [3.05, 3.63) is 29.3 Å². The summed E-state index contributed by atoms with van der Waals surface area (Å²) in [6.45, 7) is 8.23. The monoisotopic (exact) mass is 279 g/mol. The van der Waals surface area contributed by atoms with Crippen molar-refractivity contribution in [2.75, 3.05) is 19.5 Å². The van der Waals surface area contributed by atoms with E-state index in [2.05, 4.69) is 26.1 Å². The number of rotatable bonds is 6. The van der Waals surface area contributed by atoms with Crippen LogP contribution in [0.3, 0.4) is 0 Å². The van der Waals surface area contributed by atoms with E-state index in [9.17, 15) is 4.79 Å². The van der Waals surface area contributed by atoms with Gasteiger partial charge in [0.2, 0.25) is 0 Å². The zero-order chi connectivity index (χ0) is 15.3. The average molecular weight is 279 g/mol. The quantitative estimate of drug-likeness (QED) is 0.811. The number of carbonyl (C=O) groups excluding carboxylic acids is 1. The first-order chi connectivity index (χ1) is 9.29. The van der Waals surface area contributed by atoms with E-state index in [0.717, 1.165) is 17.7 Å². The zero-order valence-electron chi connectivity index (χ0n) is 13.2. The van der Waals surface area contributed by atoms with Gasteiger partial charge in [-0.2, -0.15) is 0 Å². The molecule has 1 unspecified atom stereocenters. The second-order valence-corrected chi connectivity index (χ2v) is 5.73. The maximum absolute atomic E-state index is 11.6. The fourth-order valence-corrected chi connectivity index (χ4v) is 2.16. The molecule has 0 saturated heterocycles. The highest BCUT2D eigenvalue weighted by molar-refractivity contribution is 5.90. The van der Waals surface area contributed by atoms with Crippen LogP contribution in [0.15, 0.2) is 18.2 Å². The summed E-state index contributed by atoms with van der Waals surface area (Å²) >= 11 is 0. The highest BCUT2D eigenvalue weighted by Gasteiger charge is 2.20. The first-order valence-corrected chi connectivity index (χ1v) is 6.79. The molecule has 1 N–H and O–H groups in total. The molecule has 0 aliphatic rings. The highest BCUT2D eigenvalue weighted by Crippen LogP contribution is 2.22. The molecule has 0 radical (unpaired) electrons. The molecule has 1 rings (SSSR count). The summed E-state index contributed by atoms with van der Waals surface area (Å²) < 4.78 is 10.2. The van der Waals surface area contributed by atoms with Crippen LogP contribution in [0.1, 0.15) is 43.1 Å². The van der Waals surface area contributed by atoms with Gasteiger partial charge >= 0.3 is 5.97 Å². The predicted molar refractivity (Wildman–Crippen MR) is 81.3 cm³/mol. The summed E-state index contributed by atoms with van der Waals surface area (Å²) in [5, 5.41) is 3.43. The van der Waals surface area contributed by atoms with E-state index in [1.165, 1.54) is 7.11 Å². The molecular formula is C16H25NO3. The summed E-state index contributed by atoms with van der Waals surface area (Å²) in [5.74, 6) is -0.321. The van der Waals surface area contributed by atoms with Crippen LogP contribution in [0, 0.1) is 6.92 Å². The van der Waals surface area contributed by atoms with Gasteiger partial charge in [0.05, 0.1) is 18.3 Å². The Bertz CT molecular complexity index is 469. The lowest BCUT2D eigenvalue weighted by Crippen LogP contribution is -2.31. The standard InChI is InChI=1S/C16H25NO3/c1-11-7-8-13(15(18)19-5)9-14(11)17-12(2)10-16(3,4)20-6/h7-9,12,17H,10H2,1-6H3. The summed E-state index contributed by atoms with van der Waals surface area (Å²) in [6.07, 6.45) is 0.866. The van der Waals surface area contributed by atoms with Crippen LogP contribution in [0.25, 0.3) is 0 Å². The Morgan fingerprint density at radius 3 is 2.55 bits per heavy atom. The Kier molecular flexibility index (Phi) is 5.57. The Morgan fingerprint density at radius 2 is 2.00 bits per heavy atom. The van der Waals surface area contributed by atoms with Gasteiger partial charge in [0, 0.05) is 18.8 Å². The molecule has 0 heterocycles. The SMILES string of the molecule is COC(=O)c1ccc(C)c(NC(C)CC(C)(C)OC)c1. The number of benzene rings is 1. The molecule has 1 aromatic carbocycles. The number of anilines is 1. The minimum absolute atomic E-state index is 0.180. The molecule has 4 nitrogen and oxygen atoms in total. The lowest BCUT2D eigenvalue weighted by atomic mass is 9.99. The molecule has 1 atom stereocenters. The molecule has 20 heavy (non-hydrogen) atoms. The maximum atomic E-state index is 11.6. The summed E-state index contributed by atoms with van der Waals surface area (Å²) in [4.78, 5) is 11.6. The number of hydrogen-bond donors (Lipinski definition) is 1. The summed E-state index contributed by atoms with van der Waals surface area (Å²) in [5.41, 5.74) is 2.42. The number of aryl methyl sites for hydroxylation is 1. The lowest BCUT2D eigenvalue weighted by Gasteiger charge is -2.28. The summed E-state index contributed by atoms with van der Waals surface area (Å²) in [6, 6.07) is 5.76. The van der Waals surface area contributed by atoms with Crippen molar-refractivity contribution in [1.29, 1.82) is 0 Å². The van der Waals surface area contributed by atoms with Crippen molar-refractivity contribution in [3.8, 4) is 0 Å². The van der Waals surface area contributed by atoms with Gasteiger partial charge in [-0.25, -0.2) is 4.79 Å². The molecule has 1 aromatic rings. The van der Waals surface area contributed by atoms with E-state index in [1.54, 1.807) is 13.2 Å². The Labute approximate surface area is 121 Å². The van der Waals surface area contributed by atoms with E-state index >= 15 is 0 Å². The Hall–Kier alpha value is -1.55. The smallest absolute Gasteiger partial charge is 0.337 e. The van der Waals surface area contributed by atoms with Gasteiger partial charge in [-0.15, -0.1) is 0 Å². The van der Waals surface area contributed by atoms with E-state index < -0.39 is 0 Å². The Morgan fingerprint density at radius 1 is 1.35 bits per heavy atom. The first-order valence-electron chi connectivity index (χ1n) is 6.79. The highest BCUT2D eigenvalue weighted by atomic mass is 16.5. The van der Waals surface area contributed by atoms with Crippen molar-refractivity contribution in [3.63, 3.8) is 0 Å². The van der Waals surface area contributed by atoms with Crippen molar-refractivity contribution in [2.24, 2.45) is 0 Å². The van der Waals surface area contributed by atoms with Gasteiger partial charge < -0.3 is 14.8 Å². The lowest BCUT2D eigenvalue weighted by molar-refractivity contribution is 0.0128. The topological polar surface area (TPSA) is 47.6 Å². The van der Waals surface area contributed by atoms with Gasteiger partial charge in [-0.05, 0) is 51.8 Å². The van der Waals surface area contributed by atoms with Crippen molar-refractivity contribution >= 4 is 11.7 Å². The van der Waals surface area contributed by atoms with Crippen LogP contribution in [-0.4, -0.2) is 31.8 Å². The number of ether oxygens (including phenoxy) is 2. The minimum atomic E-state index is -0.321.